The molecule has 1 amide bonds. The summed E-state index contributed by atoms with van der Waals surface area (Å²) in [5.41, 5.74) is 1.88. The number of alkyl halides is 2. The number of rotatable bonds is 3. The van der Waals surface area contributed by atoms with Crippen molar-refractivity contribution in [3.8, 4) is 0 Å². The zero-order chi connectivity index (χ0) is 19.6. The smallest absolute Gasteiger partial charge is 0.255 e. The molecule has 0 spiro atoms. The molecule has 1 aromatic carbocycles. The SMILES string of the molecule is CC(C)(C)c1ccn(C2CCN(c3ccc(Cl)c(C4CC4(F)F)c3)C2=O)n1. The van der Waals surface area contributed by atoms with Crippen molar-refractivity contribution in [1.82, 2.24) is 9.78 Å². The number of nitrogens with zero attached hydrogens (tertiary/aromatic N) is 3. The molecule has 4 nitrogen and oxygen atoms in total. The minimum absolute atomic E-state index is 0.0746. The van der Waals surface area contributed by atoms with E-state index in [1.807, 2.05) is 12.3 Å². The number of hydrogen-bond donors (Lipinski definition) is 0. The van der Waals surface area contributed by atoms with Crippen LogP contribution in [0.4, 0.5) is 14.5 Å². The van der Waals surface area contributed by atoms with Crippen LogP contribution in [0, 0.1) is 0 Å². The first-order valence-electron chi connectivity index (χ1n) is 9.12. The fourth-order valence-corrected chi connectivity index (χ4v) is 3.84. The second kappa shape index (κ2) is 6.03. The lowest BCUT2D eigenvalue weighted by molar-refractivity contribution is -0.120. The van der Waals surface area contributed by atoms with Gasteiger partial charge in [0.05, 0.1) is 11.6 Å². The molecule has 7 heteroatoms. The van der Waals surface area contributed by atoms with Gasteiger partial charge in [-0.15, -0.1) is 0 Å². The maximum atomic E-state index is 13.5. The highest BCUT2D eigenvalue weighted by Crippen LogP contribution is 2.57. The van der Waals surface area contributed by atoms with E-state index >= 15 is 0 Å². The van der Waals surface area contributed by atoms with Gasteiger partial charge in [0.15, 0.2) is 0 Å². The number of aromatic nitrogens is 2. The molecule has 1 aromatic heterocycles. The highest BCUT2D eigenvalue weighted by atomic mass is 35.5. The average Bonchev–Trinajstić information content (AvgIpc) is 2.95. The largest absolute Gasteiger partial charge is 0.310 e. The summed E-state index contributed by atoms with van der Waals surface area (Å²) in [6.07, 6.45) is 2.28. The van der Waals surface area contributed by atoms with E-state index in [0.29, 0.717) is 29.2 Å². The molecule has 1 aliphatic carbocycles. The monoisotopic (exact) mass is 393 g/mol. The van der Waals surface area contributed by atoms with Crippen molar-refractivity contribution in [1.29, 1.82) is 0 Å². The molecular weight excluding hydrogens is 372 g/mol. The summed E-state index contributed by atoms with van der Waals surface area (Å²) in [6, 6.07) is 6.52. The van der Waals surface area contributed by atoms with E-state index in [1.165, 1.54) is 0 Å². The molecule has 4 rings (SSSR count). The van der Waals surface area contributed by atoms with E-state index in [1.54, 1.807) is 27.8 Å². The topological polar surface area (TPSA) is 38.1 Å². The van der Waals surface area contributed by atoms with Crippen LogP contribution in [0.5, 0.6) is 0 Å². The van der Waals surface area contributed by atoms with Gasteiger partial charge in [0.25, 0.3) is 11.8 Å². The molecule has 2 fully saturated rings. The Balaban J connectivity index is 1.57. The van der Waals surface area contributed by atoms with E-state index in [0.717, 1.165) is 5.69 Å². The highest BCUT2D eigenvalue weighted by molar-refractivity contribution is 6.31. The van der Waals surface area contributed by atoms with Crippen molar-refractivity contribution >= 4 is 23.2 Å². The molecule has 2 aliphatic rings. The molecule has 0 N–H and O–H groups in total. The lowest BCUT2D eigenvalue weighted by atomic mass is 9.93. The number of carbonyl (C=O) groups is 1. The van der Waals surface area contributed by atoms with Crippen molar-refractivity contribution < 1.29 is 13.6 Å². The van der Waals surface area contributed by atoms with E-state index in [-0.39, 0.29) is 23.8 Å². The summed E-state index contributed by atoms with van der Waals surface area (Å²) in [7, 11) is 0. The summed E-state index contributed by atoms with van der Waals surface area (Å²) in [5, 5.41) is 4.90. The zero-order valence-electron chi connectivity index (χ0n) is 15.5. The first-order chi connectivity index (χ1) is 12.6. The van der Waals surface area contributed by atoms with E-state index < -0.39 is 11.8 Å². The summed E-state index contributed by atoms with van der Waals surface area (Å²) in [6.45, 7) is 6.75. The first-order valence-corrected chi connectivity index (χ1v) is 9.50. The van der Waals surface area contributed by atoms with Gasteiger partial charge in [-0.3, -0.25) is 9.48 Å². The lowest BCUT2D eigenvalue weighted by Gasteiger charge is -2.19. The van der Waals surface area contributed by atoms with Gasteiger partial charge < -0.3 is 4.90 Å². The molecule has 2 heterocycles. The molecule has 1 saturated heterocycles. The van der Waals surface area contributed by atoms with Crippen molar-refractivity contribution in [2.45, 2.75) is 56.9 Å². The minimum Gasteiger partial charge on any atom is -0.310 e. The maximum absolute atomic E-state index is 13.5. The van der Waals surface area contributed by atoms with Crippen LogP contribution >= 0.6 is 11.6 Å². The highest BCUT2D eigenvalue weighted by Gasteiger charge is 2.58. The van der Waals surface area contributed by atoms with Gasteiger partial charge in [0, 0.05) is 35.3 Å². The number of amides is 1. The second-order valence-corrected chi connectivity index (χ2v) is 8.86. The van der Waals surface area contributed by atoms with Crippen LogP contribution in [-0.2, 0) is 10.2 Å². The van der Waals surface area contributed by atoms with Crippen LogP contribution in [0.2, 0.25) is 5.02 Å². The summed E-state index contributed by atoms with van der Waals surface area (Å²) >= 11 is 6.12. The summed E-state index contributed by atoms with van der Waals surface area (Å²) in [4.78, 5) is 14.6. The molecule has 1 aliphatic heterocycles. The van der Waals surface area contributed by atoms with Crippen LogP contribution < -0.4 is 4.90 Å². The second-order valence-electron chi connectivity index (χ2n) is 8.45. The maximum Gasteiger partial charge on any atom is 0.255 e. The Bertz CT molecular complexity index is 903. The Kier molecular flexibility index (Phi) is 4.11. The fourth-order valence-electron chi connectivity index (χ4n) is 3.60. The Hall–Kier alpha value is -1.95. The van der Waals surface area contributed by atoms with Gasteiger partial charge in [-0.2, -0.15) is 5.10 Å². The van der Waals surface area contributed by atoms with Gasteiger partial charge in [-0.05, 0) is 36.2 Å². The molecule has 0 bridgehead atoms. The molecule has 1 saturated carbocycles. The van der Waals surface area contributed by atoms with Gasteiger partial charge in [0.1, 0.15) is 6.04 Å². The molecule has 27 heavy (non-hydrogen) atoms. The van der Waals surface area contributed by atoms with Gasteiger partial charge in [0.2, 0.25) is 0 Å². The van der Waals surface area contributed by atoms with Gasteiger partial charge >= 0.3 is 0 Å². The molecule has 144 valence electrons. The van der Waals surface area contributed by atoms with Gasteiger partial charge in [-0.1, -0.05) is 32.4 Å². The van der Waals surface area contributed by atoms with E-state index in [4.69, 9.17) is 11.6 Å². The standard InChI is InChI=1S/C20H22ClF2N3O/c1-19(2,3)17-7-9-26(24-17)16-6-8-25(18(16)27)12-4-5-15(21)13(10-12)14-11-20(14,22)23/h4-5,7,9-10,14,16H,6,8,11H2,1-3H3. The lowest BCUT2D eigenvalue weighted by Crippen LogP contribution is -2.28. The third-order valence-corrected chi connectivity index (χ3v) is 5.71. The third kappa shape index (κ3) is 3.24. The Morgan fingerprint density at radius 2 is 1.96 bits per heavy atom. The molecular formula is C20H22ClF2N3O. The number of hydrogen-bond acceptors (Lipinski definition) is 2. The van der Waals surface area contributed by atoms with E-state index in [9.17, 15) is 13.6 Å². The Morgan fingerprint density at radius 1 is 1.26 bits per heavy atom. The van der Waals surface area contributed by atoms with Crippen molar-refractivity contribution in [2.24, 2.45) is 0 Å². The Labute approximate surface area is 162 Å². The van der Waals surface area contributed by atoms with Crippen LogP contribution in [0.1, 0.15) is 56.8 Å². The normalized spacial score (nSPS) is 24.5. The minimum atomic E-state index is -2.70. The third-order valence-electron chi connectivity index (χ3n) is 5.37. The predicted octanol–water partition coefficient (Wildman–Crippen LogP) is 4.93. The molecule has 0 radical (unpaired) electrons. The number of benzene rings is 1. The van der Waals surface area contributed by atoms with Crippen LogP contribution in [-0.4, -0.2) is 28.2 Å². The fraction of sp³-hybridized carbons (Fsp3) is 0.500. The van der Waals surface area contributed by atoms with Gasteiger partial charge in [-0.25, -0.2) is 8.78 Å². The molecule has 2 unspecified atom stereocenters. The first kappa shape index (κ1) is 18.4. The van der Waals surface area contributed by atoms with Crippen molar-refractivity contribution in [3.05, 3.63) is 46.7 Å². The van der Waals surface area contributed by atoms with Crippen molar-refractivity contribution in [2.75, 3.05) is 11.4 Å². The quantitative estimate of drug-likeness (QED) is 0.741. The van der Waals surface area contributed by atoms with Crippen LogP contribution in [0.25, 0.3) is 0 Å². The predicted molar refractivity (Wildman–Crippen MR) is 101 cm³/mol. The Morgan fingerprint density at radius 3 is 2.56 bits per heavy atom. The molecule has 2 aromatic rings. The van der Waals surface area contributed by atoms with Crippen molar-refractivity contribution in [3.63, 3.8) is 0 Å². The number of carbonyl (C=O) groups excluding carboxylic acids is 1. The summed E-state index contributed by atoms with van der Waals surface area (Å²) in [5.74, 6) is -3.62. The van der Waals surface area contributed by atoms with Crippen LogP contribution in [0.15, 0.2) is 30.5 Å². The molecule has 2 atom stereocenters. The van der Waals surface area contributed by atoms with Crippen LogP contribution in [0.3, 0.4) is 0 Å². The number of halogens is 3. The van der Waals surface area contributed by atoms with E-state index in [2.05, 4.69) is 25.9 Å². The number of anilines is 1. The summed E-state index contributed by atoms with van der Waals surface area (Å²) < 4.78 is 28.7. The zero-order valence-corrected chi connectivity index (χ0v) is 16.3. The average molecular weight is 394 g/mol.